The topological polar surface area (TPSA) is 99.6 Å². The predicted octanol–water partition coefficient (Wildman–Crippen LogP) is 2.89. The predicted molar refractivity (Wildman–Crippen MR) is 128 cm³/mol. The largest absolute Gasteiger partial charge is 0.373 e. The summed E-state index contributed by atoms with van der Waals surface area (Å²) in [6.07, 6.45) is 0.935. The molecule has 2 bridgehead atoms. The number of H-pyrrole nitrogens is 1. The van der Waals surface area contributed by atoms with Crippen LogP contribution in [0, 0.1) is 12.8 Å². The SMILES string of the molecule is Cc1cn([C@@H]2O[C@@]3(COCc4ccccc4)C(=O)CC[C@@H]2[C@@H]3OCc2ccccc2)c(=O)[nH]c1=O. The van der Waals surface area contributed by atoms with Gasteiger partial charge in [0.1, 0.15) is 12.3 Å². The molecule has 8 nitrogen and oxygen atoms in total. The van der Waals surface area contributed by atoms with Gasteiger partial charge in [-0.1, -0.05) is 60.7 Å². The lowest BCUT2D eigenvalue weighted by molar-refractivity contribution is -0.178. The van der Waals surface area contributed by atoms with E-state index in [1.807, 2.05) is 60.7 Å². The molecular weight excluding hydrogens is 448 g/mol. The summed E-state index contributed by atoms with van der Waals surface area (Å²) in [5, 5.41) is 0. The van der Waals surface area contributed by atoms with Gasteiger partial charge in [0.25, 0.3) is 5.56 Å². The van der Waals surface area contributed by atoms with E-state index in [-0.39, 0.29) is 18.3 Å². The van der Waals surface area contributed by atoms with Crippen LogP contribution in [-0.4, -0.2) is 33.6 Å². The number of hydrogen-bond acceptors (Lipinski definition) is 6. The molecule has 1 aromatic heterocycles. The van der Waals surface area contributed by atoms with Gasteiger partial charge in [0.15, 0.2) is 11.4 Å². The highest BCUT2D eigenvalue weighted by Crippen LogP contribution is 2.50. The number of aromatic amines is 1. The third-order valence-electron chi connectivity index (χ3n) is 6.84. The van der Waals surface area contributed by atoms with Gasteiger partial charge in [0.05, 0.1) is 19.8 Å². The molecule has 0 unspecified atom stereocenters. The van der Waals surface area contributed by atoms with Crippen molar-refractivity contribution in [3.63, 3.8) is 0 Å². The van der Waals surface area contributed by atoms with Crippen LogP contribution in [-0.2, 0) is 32.2 Å². The van der Waals surface area contributed by atoms with Crippen LogP contribution in [0.15, 0.2) is 76.4 Å². The first-order valence-corrected chi connectivity index (χ1v) is 11.8. The summed E-state index contributed by atoms with van der Waals surface area (Å²) in [6, 6.07) is 19.4. The molecule has 0 radical (unpaired) electrons. The number of Topliss-reactive ketones (excluding diaryl/α,β-unsaturated/α-hetero) is 1. The molecule has 2 fully saturated rings. The van der Waals surface area contributed by atoms with E-state index in [1.165, 1.54) is 10.8 Å². The van der Waals surface area contributed by atoms with Crippen molar-refractivity contribution < 1.29 is 19.0 Å². The van der Waals surface area contributed by atoms with Crippen molar-refractivity contribution in [3.8, 4) is 0 Å². The second-order valence-electron chi connectivity index (χ2n) is 9.20. The Labute approximate surface area is 202 Å². The maximum Gasteiger partial charge on any atom is 0.330 e. The lowest BCUT2D eigenvalue weighted by Gasteiger charge is -2.37. The van der Waals surface area contributed by atoms with Gasteiger partial charge in [-0.05, 0) is 24.5 Å². The summed E-state index contributed by atoms with van der Waals surface area (Å²) in [5.74, 6) is -0.365. The van der Waals surface area contributed by atoms with Crippen molar-refractivity contribution in [2.24, 2.45) is 5.92 Å². The van der Waals surface area contributed by atoms with Gasteiger partial charge in [0.2, 0.25) is 0 Å². The lowest BCUT2D eigenvalue weighted by atomic mass is 9.76. The highest BCUT2D eigenvalue weighted by atomic mass is 16.6. The molecule has 35 heavy (non-hydrogen) atoms. The zero-order valence-electron chi connectivity index (χ0n) is 19.5. The van der Waals surface area contributed by atoms with Crippen molar-refractivity contribution in [3.05, 3.63) is 104 Å². The Morgan fingerprint density at radius 1 is 1.00 bits per heavy atom. The third kappa shape index (κ3) is 4.52. The van der Waals surface area contributed by atoms with Crippen molar-refractivity contribution in [1.29, 1.82) is 0 Å². The average Bonchev–Trinajstić information content (AvgIpc) is 3.10. The van der Waals surface area contributed by atoms with Gasteiger partial charge in [-0.2, -0.15) is 0 Å². The highest BCUT2D eigenvalue weighted by Gasteiger charge is 2.63. The van der Waals surface area contributed by atoms with Crippen LogP contribution in [0.4, 0.5) is 0 Å². The number of fused-ring (bicyclic) bond motifs is 2. The molecule has 4 atom stereocenters. The van der Waals surface area contributed by atoms with Gasteiger partial charge in [-0.15, -0.1) is 0 Å². The zero-order valence-corrected chi connectivity index (χ0v) is 19.5. The molecule has 5 rings (SSSR count). The summed E-state index contributed by atoms with van der Waals surface area (Å²) >= 11 is 0. The zero-order chi connectivity index (χ0) is 24.4. The minimum atomic E-state index is -1.35. The monoisotopic (exact) mass is 476 g/mol. The Hall–Kier alpha value is -3.33. The maximum atomic E-state index is 13.4. The number of aryl methyl sites for hydroxylation is 1. The molecule has 1 N–H and O–H groups in total. The van der Waals surface area contributed by atoms with Crippen LogP contribution >= 0.6 is 0 Å². The van der Waals surface area contributed by atoms with Crippen LogP contribution in [0.1, 0.15) is 35.8 Å². The summed E-state index contributed by atoms with van der Waals surface area (Å²) < 4.78 is 20.2. The van der Waals surface area contributed by atoms with E-state index in [9.17, 15) is 14.4 Å². The molecular formula is C27H28N2O6. The lowest BCUT2D eigenvalue weighted by Crippen LogP contribution is -2.55. The molecule has 1 saturated heterocycles. The van der Waals surface area contributed by atoms with E-state index < -0.39 is 29.2 Å². The number of ketones is 1. The molecule has 3 aromatic rings. The normalized spacial score (nSPS) is 25.6. The van der Waals surface area contributed by atoms with E-state index >= 15 is 0 Å². The molecule has 182 valence electrons. The molecule has 2 aromatic carbocycles. The van der Waals surface area contributed by atoms with E-state index in [2.05, 4.69) is 4.98 Å². The molecule has 2 aliphatic rings. The molecule has 0 amide bonds. The third-order valence-corrected chi connectivity index (χ3v) is 6.84. The van der Waals surface area contributed by atoms with Crippen molar-refractivity contribution in [2.75, 3.05) is 6.61 Å². The van der Waals surface area contributed by atoms with Crippen LogP contribution in [0.5, 0.6) is 0 Å². The molecule has 1 aliphatic carbocycles. The Bertz CT molecular complexity index is 1300. The number of carbonyl (C=O) groups excluding carboxylic acids is 1. The van der Waals surface area contributed by atoms with Crippen molar-refractivity contribution >= 4 is 5.78 Å². The smallest absolute Gasteiger partial charge is 0.330 e. The van der Waals surface area contributed by atoms with Crippen LogP contribution in [0.25, 0.3) is 0 Å². The quantitative estimate of drug-likeness (QED) is 0.537. The summed E-state index contributed by atoms with van der Waals surface area (Å²) in [7, 11) is 0. The first-order chi connectivity index (χ1) is 17.0. The Morgan fingerprint density at radius 2 is 1.66 bits per heavy atom. The average molecular weight is 477 g/mol. The fourth-order valence-corrected chi connectivity index (χ4v) is 5.04. The number of carbonyl (C=O) groups is 1. The standard InChI is InChI=1S/C27H28N2O6/c1-18-14-29(26(32)28-24(18)31)25-21-12-13-22(30)27(35-25,17-33-15-19-8-4-2-5-9-19)23(21)34-16-20-10-6-3-7-11-20/h2-11,14,21,23,25H,12-13,15-17H2,1H3,(H,28,31,32)/t21-,23+,25-,27+/m1/s1. The van der Waals surface area contributed by atoms with Gasteiger partial charge in [-0.3, -0.25) is 19.1 Å². The highest BCUT2D eigenvalue weighted by molar-refractivity contribution is 5.90. The van der Waals surface area contributed by atoms with Crippen LogP contribution < -0.4 is 11.2 Å². The van der Waals surface area contributed by atoms with E-state index in [1.54, 1.807) is 6.92 Å². The minimum absolute atomic E-state index is 0.00424. The summed E-state index contributed by atoms with van der Waals surface area (Å²) in [5.41, 5.74) is -0.0296. The number of nitrogens with zero attached hydrogens (tertiary/aromatic N) is 1. The number of nitrogens with one attached hydrogen (secondary N) is 1. The Morgan fingerprint density at radius 3 is 2.34 bits per heavy atom. The molecule has 0 spiro atoms. The van der Waals surface area contributed by atoms with Crippen molar-refractivity contribution in [2.45, 2.75) is 50.9 Å². The van der Waals surface area contributed by atoms with Crippen LogP contribution in [0.3, 0.4) is 0 Å². The number of hydrogen-bond donors (Lipinski definition) is 1. The second-order valence-corrected chi connectivity index (χ2v) is 9.20. The fourth-order valence-electron chi connectivity index (χ4n) is 5.04. The number of benzene rings is 2. The Balaban J connectivity index is 1.47. The summed E-state index contributed by atoms with van der Waals surface area (Å²) in [4.78, 5) is 40.4. The minimum Gasteiger partial charge on any atom is -0.373 e. The molecule has 1 saturated carbocycles. The molecule has 8 heteroatoms. The van der Waals surface area contributed by atoms with Crippen molar-refractivity contribution in [1.82, 2.24) is 9.55 Å². The van der Waals surface area contributed by atoms with Gasteiger partial charge >= 0.3 is 5.69 Å². The Kier molecular flexibility index (Phi) is 6.51. The fraction of sp³-hybridized carbons (Fsp3) is 0.370. The molecule has 1 aliphatic heterocycles. The van der Waals surface area contributed by atoms with Gasteiger partial charge in [-0.25, -0.2) is 4.79 Å². The second kappa shape index (κ2) is 9.73. The van der Waals surface area contributed by atoms with E-state index in [4.69, 9.17) is 14.2 Å². The van der Waals surface area contributed by atoms with Gasteiger partial charge < -0.3 is 14.2 Å². The maximum absolute atomic E-state index is 13.4. The number of ether oxygens (including phenoxy) is 3. The van der Waals surface area contributed by atoms with E-state index in [0.717, 1.165) is 11.1 Å². The first kappa shape index (κ1) is 23.4. The van der Waals surface area contributed by atoms with Crippen LogP contribution in [0.2, 0.25) is 0 Å². The number of aromatic nitrogens is 2. The number of rotatable bonds is 8. The summed E-state index contributed by atoms with van der Waals surface area (Å²) in [6.45, 7) is 2.25. The van der Waals surface area contributed by atoms with E-state index in [0.29, 0.717) is 31.6 Å². The first-order valence-electron chi connectivity index (χ1n) is 11.8. The molecule has 2 heterocycles. The van der Waals surface area contributed by atoms with Gasteiger partial charge in [0, 0.05) is 24.1 Å².